The third-order valence-electron chi connectivity index (χ3n) is 5.04. The van der Waals surface area contributed by atoms with Gasteiger partial charge in [0.05, 0.1) is 4.90 Å². The Morgan fingerprint density at radius 2 is 1.44 bits per heavy atom. The van der Waals surface area contributed by atoms with Gasteiger partial charge >= 0.3 is 0 Å². The van der Waals surface area contributed by atoms with Crippen LogP contribution in [-0.4, -0.2) is 21.8 Å². The van der Waals surface area contributed by atoms with Crippen molar-refractivity contribution in [1.82, 2.24) is 0 Å². The Bertz CT molecular complexity index is 862. The van der Waals surface area contributed by atoms with Crippen LogP contribution in [-0.2, 0) is 10.0 Å². The maximum atomic E-state index is 12.9. The number of nitrogens with zero attached hydrogens (tertiary/aromatic N) is 1. The lowest BCUT2D eigenvalue weighted by Crippen LogP contribution is -2.47. The minimum atomic E-state index is -3.75. The van der Waals surface area contributed by atoms with Gasteiger partial charge in [-0.15, -0.1) is 0 Å². The zero-order valence-electron chi connectivity index (χ0n) is 15.9. The Morgan fingerprint density at radius 3 is 1.92 bits per heavy atom. The fourth-order valence-corrected chi connectivity index (χ4v) is 6.17. The first-order valence-corrected chi connectivity index (χ1v) is 12.9. The molecule has 5 heteroatoms. The van der Waals surface area contributed by atoms with E-state index < -0.39 is 18.1 Å². The number of sulfonamides is 1. The molecule has 0 aliphatic heterocycles. The molecule has 3 nitrogen and oxygen atoms in total. The van der Waals surface area contributed by atoms with Crippen molar-refractivity contribution < 1.29 is 8.42 Å². The molecule has 134 valence electrons. The van der Waals surface area contributed by atoms with Crippen molar-refractivity contribution in [2.45, 2.75) is 50.7 Å². The molecule has 0 bridgehead atoms. The molecule has 2 aromatic carbocycles. The predicted octanol–water partition coefficient (Wildman–Crippen LogP) is 5.22. The highest BCUT2D eigenvalue weighted by atomic mass is 32.2. The first-order chi connectivity index (χ1) is 11.4. The average Bonchev–Trinajstić information content (AvgIpc) is 2.53. The van der Waals surface area contributed by atoms with E-state index in [-0.39, 0.29) is 9.93 Å². The van der Waals surface area contributed by atoms with Crippen LogP contribution in [0.4, 0.5) is 0 Å². The Kier molecular flexibility index (Phi) is 5.40. The number of hydrogen-bond acceptors (Lipinski definition) is 2. The lowest BCUT2D eigenvalue weighted by molar-refractivity contribution is 0.598. The van der Waals surface area contributed by atoms with Crippen molar-refractivity contribution in [1.29, 1.82) is 0 Å². The number of benzene rings is 2. The molecule has 0 N–H and O–H groups in total. The van der Waals surface area contributed by atoms with Gasteiger partial charge in [-0.1, -0.05) is 81.9 Å². The van der Waals surface area contributed by atoms with Crippen molar-refractivity contribution in [2.75, 3.05) is 0 Å². The van der Waals surface area contributed by atoms with Gasteiger partial charge in [0.1, 0.15) is 8.07 Å². The average molecular weight is 374 g/mol. The van der Waals surface area contributed by atoms with Gasteiger partial charge in [-0.25, -0.2) is 0 Å². The summed E-state index contributed by atoms with van der Waals surface area (Å²) in [6.07, 6.45) is 0. The van der Waals surface area contributed by atoms with Gasteiger partial charge in [-0.3, -0.25) is 0 Å². The lowest BCUT2D eigenvalue weighted by atomic mass is 10.2. The molecule has 2 aromatic rings. The van der Waals surface area contributed by atoms with Gasteiger partial charge < -0.3 is 0 Å². The molecule has 0 saturated carbocycles. The zero-order chi connectivity index (χ0) is 18.9. The number of rotatable bonds is 4. The van der Waals surface area contributed by atoms with Gasteiger partial charge in [0.25, 0.3) is 10.0 Å². The van der Waals surface area contributed by atoms with E-state index in [1.807, 2.05) is 37.3 Å². The van der Waals surface area contributed by atoms with Crippen LogP contribution in [0.15, 0.2) is 63.9 Å². The number of hydrogen-bond donors (Lipinski definition) is 0. The van der Waals surface area contributed by atoms with E-state index in [0.717, 1.165) is 16.5 Å². The Morgan fingerprint density at radius 1 is 0.920 bits per heavy atom. The van der Waals surface area contributed by atoms with Gasteiger partial charge in [0, 0.05) is 5.33 Å². The molecule has 0 atom stereocenters. The van der Waals surface area contributed by atoms with Crippen molar-refractivity contribution in [2.24, 2.45) is 4.40 Å². The van der Waals surface area contributed by atoms with Crippen LogP contribution >= 0.6 is 0 Å². The van der Waals surface area contributed by atoms with E-state index >= 15 is 0 Å². The fraction of sp³-hybridized carbons (Fsp3) is 0.350. The molecule has 0 unspecified atom stereocenters. The second-order valence-corrected chi connectivity index (χ2v) is 14.8. The van der Waals surface area contributed by atoms with Gasteiger partial charge in [-0.2, -0.15) is 12.8 Å². The molecule has 25 heavy (non-hydrogen) atoms. The summed E-state index contributed by atoms with van der Waals surface area (Å²) in [6, 6.07) is 16.5. The van der Waals surface area contributed by atoms with E-state index in [9.17, 15) is 8.42 Å². The zero-order valence-corrected chi connectivity index (χ0v) is 17.7. The smallest absolute Gasteiger partial charge is 0.199 e. The summed E-state index contributed by atoms with van der Waals surface area (Å²) < 4.78 is 30.2. The van der Waals surface area contributed by atoms with E-state index in [0.29, 0.717) is 0 Å². The number of aryl methyl sites for hydroxylation is 1. The minimum absolute atomic E-state index is 0.0233. The Labute approximate surface area is 152 Å². The molecule has 0 heterocycles. The van der Waals surface area contributed by atoms with Gasteiger partial charge in [0.15, 0.2) is 0 Å². The van der Waals surface area contributed by atoms with E-state index in [2.05, 4.69) is 38.3 Å². The molecule has 2 rings (SSSR count). The van der Waals surface area contributed by atoms with Gasteiger partial charge in [-0.05, 0) is 29.7 Å². The summed E-state index contributed by atoms with van der Waals surface area (Å²) in [5, 5.41) is 0.700. The first kappa shape index (κ1) is 19.6. The van der Waals surface area contributed by atoms with Crippen molar-refractivity contribution in [3.63, 3.8) is 0 Å². The molecule has 0 aliphatic carbocycles. The largest absolute Gasteiger partial charge is 0.282 e. The molecule has 0 saturated heterocycles. The highest BCUT2D eigenvalue weighted by Crippen LogP contribution is 2.39. The summed E-state index contributed by atoms with van der Waals surface area (Å²) in [6.45, 7) is 12.8. The molecule has 0 fully saturated rings. The van der Waals surface area contributed by atoms with E-state index in [4.69, 9.17) is 0 Å². The fourth-order valence-electron chi connectivity index (χ4n) is 2.36. The molecule has 0 radical (unpaired) electrons. The van der Waals surface area contributed by atoms with E-state index in [1.54, 1.807) is 24.3 Å². The summed E-state index contributed by atoms with van der Waals surface area (Å²) in [7, 11) is -5.90. The van der Waals surface area contributed by atoms with Crippen molar-refractivity contribution in [3.05, 3.63) is 65.7 Å². The topological polar surface area (TPSA) is 46.5 Å². The maximum Gasteiger partial charge on any atom is 0.282 e. The predicted molar refractivity (Wildman–Crippen MR) is 109 cm³/mol. The highest BCUT2D eigenvalue weighted by molar-refractivity contribution is 7.90. The van der Waals surface area contributed by atoms with Crippen LogP contribution in [0.1, 0.15) is 31.9 Å². The van der Waals surface area contributed by atoms with Crippen LogP contribution in [0.25, 0.3) is 0 Å². The molecular weight excluding hydrogens is 346 g/mol. The highest BCUT2D eigenvalue weighted by Gasteiger charge is 2.41. The molecular formula is C20H27NO2SSi. The molecule has 0 amide bonds. The summed E-state index contributed by atoms with van der Waals surface area (Å²) in [5.41, 5.74) is 1.92. The van der Waals surface area contributed by atoms with Crippen LogP contribution in [0.3, 0.4) is 0 Å². The first-order valence-electron chi connectivity index (χ1n) is 8.43. The third kappa shape index (κ3) is 4.28. The van der Waals surface area contributed by atoms with E-state index in [1.165, 1.54) is 0 Å². The summed E-state index contributed by atoms with van der Waals surface area (Å²) >= 11 is 0. The second-order valence-electron chi connectivity index (χ2n) is 7.97. The maximum absolute atomic E-state index is 12.9. The van der Waals surface area contributed by atoms with Crippen LogP contribution in [0.5, 0.6) is 0 Å². The lowest BCUT2D eigenvalue weighted by Gasteiger charge is -2.37. The summed E-state index contributed by atoms with van der Waals surface area (Å²) in [5.74, 6) is 0. The molecule has 0 aliphatic rings. The molecule has 0 aromatic heterocycles. The minimum Gasteiger partial charge on any atom is -0.199 e. The normalized spacial score (nSPS) is 13.8. The summed E-state index contributed by atoms with van der Waals surface area (Å²) in [4.78, 5) is 0.241. The van der Waals surface area contributed by atoms with Gasteiger partial charge in [0.2, 0.25) is 0 Å². The standard InChI is InChI=1S/C20H27NO2SSi/c1-16-12-14-18(15-13-16)24(22,23)21-19(17-10-8-7-9-11-17)25(5,6)20(2,3)4/h7-15H,1-6H3/b21-19-. The van der Waals surface area contributed by atoms with Crippen molar-refractivity contribution >= 4 is 23.4 Å². The Balaban J connectivity index is 2.67. The Hall–Kier alpha value is -1.72. The molecule has 0 spiro atoms. The quantitative estimate of drug-likeness (QED) is 0.545. The van der Waals surface area contributed by atoms with Crippen molar-refractivity contribution in [3.8, 4) is 0 Å². The van der Waals surface area contributed by atoms with Crippen LogP contribution in [0, 0.1) is 6.92 Å². The van der Waals surface area contributed by atoms with Crippen LogP contribution < -0.4 is 0 Å². The van der Waals surface area contributed by atoms with Crippen LogP contribution in [0.2, 0.25) is 18.1 Å². The second kappa shape index (κ2) is 6.88. The third-order valence-corrected chi connectivity index (χ3v) is 11.8. The SMILES string of the molecule is Cc1ccc(S(=O)(=O)/N=C(/c2ccccc2)[Si](C)(C)C(C)(C)C)cc1. The monoisotopic (exact) mass is 373 g/mol.